The van der Waals surface area contributed by atoms with Gasteiger partial charge >= 0.3 is 6.09 Å². The highest BCUT2D eigenvalue weighted by molar-refractivity contribution is 5.85. The van der Waals surface area contributed by atoms with Gasteiger partial charge in [-0.1, -0.05) is 26.7 Å². The van der Waals surface area contributed by atoms with Crippen molar-refractivity contribution in [1.29, 1.82) is 0 Å². The molecule has 1 aliphatic rings. The third-order valence-electron chi connectivity index (χ3n) is 4.07. The van der Waals surface area contributed by atoms with E-state index < -0.39 is 17.7 Å². The Balaban J connectivity index is 2.58. The summed E-state index contributed by atoms with van der Waals surface area (Å²) in [4.78, 5) is 26.5. The second-order valence-electron chi connectivity index (χ2n) is 7.16. The van der Waals surface area contributed by atoms with Crippen LogP contribution in [0.25, 0.3) is 0 Å². The van der Waals surface area contributed by atoms with Crippen LogP contribution in [0.4, 0.5) is 4.79 Å². The number of ether oxygens (including phenoxy) is 1. The molecular formula is C17H32N2O3. The Morgan fingerprint density at radius 2 is 1.82 bits per heavy atom. The van der Waals surface area contributed by atoms with Gasteiger partial charge in [0.15, 0.2) is 0 Å². The van der Waals surface area contributed by atoms with Crippen LogP contribution in [0.2, 0.25) is 0 Å². The molecule has 1 saturated heterocycles. The van der Waals surface area contributed by atoms with E-state index in [0.717, 1.165) is 38.3 Å². The Bertz CT molecular complexity index is 369. The standard InChI is InChI=1S/C17H32N2O3/c1-6-8-14(18-16(21)22-17(3,4)5)15(20)19-11-9-13(7-2)10-12-19/h13-14H,6-12H2,1-5H3,(H,18,21)/t14-/m0/s1. The van der Waals surface area contributed by atoms with E-state index in [-0.39, 0.29) is 5.91 Å². The van der Waals surface area contributed by atoms with Gasteiger partial charge in [0.2, 0.25) is 5.91 Å². The predicted octanol–water partition coefficient (Wildman–Crippen LogP) is 3.33. The quantitative estimate of drug-likeness (QED) is 0.847. The normalized spacial score (nSPS) is 18.0. The molecule has 0 bridgehead atoms. The van der Waals surface area contributed by atoms with E-state index in [9.17, 15) is 9.59 Å². The fourth-order valence-electron chi connectivity index (χ4n) is 2.78. The molecule has 22 heavy (non-hydrogen) atoms. The van der Waals surface area contributed by atoms with Gasteiger partial charge in [0.25, 0.3) is 0 Å². The second-order valence-corrected chi connectivity index (χ2v) is 7.16. The van der Waals surface area contributed by atoms with Crippen molar-refractivity contribution < 1.29 is 14.3 Å². The van der Waals surface area contributed by atoms with E-state index in [0.29, 0.717) is 6.42 Å². The number of carbonyl (C=O) groups excluding carboxylic acids is 2. The highest BCUT2D eigenvalue weighted by Crippen LogP contribution is 2.21. The van der Waals surface area contributed by atoms with Gasteiger partial charge in [0.05, 0.1) is 0 Å². The van der Waals surface area contributed by atoms with E-state index >= 15 is 0 Å². The van der Waals surface area contributed by atoms with Gasteiger partial charge < -0.3 is 15.0 Å². The van der Waals surface area contributed by atoms with Crippen LogP contribution >= 0.6 is 0 Å². The van der Waals surface area contributed by atoms with Gasteiger partial charge in [-0.25, -0.2) is 4.79 Å². The predicted molar refractivity (Wildman–Crippen MR) is 87.7 cm³/mol. The van der Waals surface area contributed by atoms with Crippen molar-refractivity contribution >= 4 is 12.0 Å². The number of hydrogen-bond acceptors (Lipinski definition) is 3. The second kappa shape index (κ2) is 8.39. The Hall–Kier alpha value is -1.26. The first-order chi connectivity index (χ1) is 10.3. The molecule has 1 rings (SSSR count). The third kappa shape index (κ3) is 6.24. The summed E-state index contributed by atoms with van der Waals surface area (Å²) in [7, 11) is 0. The van der Waals surface area contributed by atoms with Crippen molar-refractivity contribution in [2.24, 2.45) is 5.92 Å². The average Bonchev–Trinajstić information content (AvgIpc) is 2.44. The summed E-state index contributed by atoms with van der Waals surface area (Å²) in [5, 5.41) is 2.74. The monoisotopic (exact) mass is 312 g/mol. The maximum Gasteiger partial charge on any atom is 0.408 e. The maximum absolute atomic E-state index is 12.6. The summed E-state index contributed by atoms with van der Waals surface area (Å²) in [6.45, 7) is 11.3. The fourth-order valence-corrected chi connectivity index (χ4v) is 2.78. The third-order valence-corrected chi connectivity index (χ3v) is 4.07. The van der Waals surface area contributed by atoms with Crippen molar-refractivity contribution in [3.05, 3.63) is 0 Å². The minimum absolute atomic E-state index is 0.0299. The van der Waals surface area contributed by atoms with Crippen LogP contribution in [0, 0.1) is 5.92 Å². The molecular weight excluding hydrogens is 280 g/mol. The number of hydrogen-bond donors (Lipinski definition) is 1. The summed E-state index contributed by atoms with van der Waals surface area (Å²) >= 11 is 0. The Morgan fingerprint density at radius 1 is 1.23 bits per heavy atom. The molecule has 1 N–H and O–H groups in total. The number of amides is 2. The van der Waals surface area contributed by atoms with Crippen LogP contribution in [0.5, 0.6) is 0 Å². The number of likely N-dealkylation sites (tertiary alicyclic amines) is 1. The van der Waals surface area contributed by atoms with Gasteiger partial charge in [-0.15, -0.1) is 0 Å². The minimum atomic E-state index is -0.552. The number of nitrogens with one attached hydrogen (secondary N) is 1. The molecule has 0 saturated carbocycles. The molecule has 1 atom stereocenters. The lowest BCUT2D eigenvalue weighted by molar-refractivity contribution is -0.135. The summed E-state index contributed by atoms with van der Waals surface area (Å²) < 4.78 is 5.27. The molecule has 0 radical (unpaired) electrons. The number of alkyl carbamates (subject to hydrolysis) is 1. The van der Waals surface area contributed by atoms with Crippen LogP contribution in [0.15, 0.2) is 0 Å². The zero-order valence-corrected chi connectivity index (χ0v) is 14.8. The van der Waals surface area contributed by atoms with Gasteiger partial charge in [-0.2, -0.15) is 0 Å². The Labute approximate surface area is 134 Å². The summed E-state index contributed by atoms with van der Waals surface area (Å²) in [6, 6.07) is -0.474. The van der Waals surface area contributed by atoms with Crippen molar-refractivity contribution in [1.82, 2.24) is 10.2 Å². The molecule has 128 valence electrons. The average molecular weight is 312 g/mol. The first-order valence-corrected chi connectivity index (χ1v) is 8.55. The number of rotatable bonds is 5. The van der Waals surface area contributed by atoms with E-state index in [1.807, 2.05) is 32.6 Å². The maximum atomic E-state index is 12.6. The van der Waals surface area contributed by atoms with E-state index in [2.05, 4.69) is 12.2 Å². The van der Waals surface area contributed by atoms with Crippen LogP contribution < -0.4 is 5.32 Å². The molecule has 1 aliphatic heterocycles. The number of nitrogens with zero attached hydrogens (tertiary/aromatic N) is 1. The topological polar surface area (TPSA) is 58.6 Å². The van der Waals surface area contributed by atoms with Crippen molar-refractivity contribution in [3.8, 4) is 0 Å². The molecule has 0 aromatic rings. The van der Waals surface area contributed by atoms with Crippen molar-refractivity contribution in [2.75, 3.05) is 13.1 Å². The van der Waals surface area contributed by atoms with Gasteiger partial charge in [-0.3, -0.25) is 4.79 Å². The molecule has 1 fully saturated rings. The first-order valence-electron chi connectivity index (χ1n) is 8.55. The SMILES string of the molecule is CCC[C@H](NC(=O)OC(C)(C)C)C(=O)N1CCC(CC)CC1. The van der Waals surface area contributed by atoms with Crippen molar-refractivity contribution in [2.45, 2.75) is 78.4 Å². The molecule has 0 spiro atoms. The van der Waals surface area contributed by atoms with Gasteiger partial charge in [0, 0.05) is 13.1 Å². The van der Waals surface area contributed by atoms with Crippen LogP contribution in [-0.2, 0) is 9.53 Å². The lowest BCUT2D eigenvalue weighted by Crippen LogP contribution is -2.51. The smallest absolute Gasteiger partial charge is 0.408 e. The fraction of sp³-hybridized carbons (Fsp3) is 0.882. The molecule has 5 heteroatoms. The minimum Gasteiger partial charge on any atom is -0.444 e. The summed E-state index contributed by atoms with van der Waals surface area (Å²) in [5.41, 5.74) is -0.552. The Morgan fingerprint density at radius 3 is 2.27 bits per heavy atom. The molecule has 0 aromatic heterocycles. The van der Waals surface area contributed by atoms with Gasteiger partial charge in [0.1, 0.15) is 11.6 Å². The van der Waals surface area contributed by atoms with Gasteiger partial charge in [-0.05, 0) is 46.0 Å². The molecule has 5 nitrogen and oxygen atoms in total. The van der Waals surface area contributed by atoms with E-state index in [4.69, 9.17) is 4.74 Å². The molecule has 1 heterocycles. The largest absolute Gasteiger partial charge is 0.444 e. The first kappa shape index (κ1) is 18.8. The molecule has 0 aromatic carbocycles. The highest BCUT2D eigenvalue weighted by Gasteiger charge is 2.29. The Kier molecular flexibility index (Phi) is 7.17. The zero-order chi connectivity index (χ0) is 16.8. The van der Waals surface area contributed by atoms with Crippen molar-refractivity contribution in [3.63, 3.8) is 0 Å². The summed E-state index contributed by atoms with van der Waals surface area (Å²) in [6.07, 6.45) is 4.28. The number of piperidine rings is 1. The molecule has 2 amide bonds. The van der Waals surface area contributed by atoms with Crippen LogP contribution in [0.3, 0.4) is 0 Å². The van der Waals surface area contributed by atoms with Crippen LogP contribution in [-0.4, -0.2) is 41.6 Å². The van der Waals surface area contributed by atoms with E-state index in [1.165, 1.54) is 6.42 Å². The molecule has 0 unspecified atom stereocenters. The number of carbonyl (C=O) groups is 2. The zero-order valence-electron chi connectivity index (χ0n) is 14.8. The lowest BCUT2D eigenvalue weighted by atomic mass is 9.94. The van der Waals surface area contributed by atoms with E-state index in [1.54, 1.807) is 0 Å². The van der Waals surface area contributed by atoms with Crippen LogP contribution in [0.1, 0.15) is 66.7 Å². The molecule has 0 aliphatic carbocycles. The lowest BCUT2D eigenvalue weighted by Gasteiger charge is -2.34. The summed E-state index contributed by atoms with van der Waals surface area (Å²) in [5.74, 6) is 0.759. The highest BCUT2D eigenvalue weighted by atomic mass is 16.6.